The molecular weight excluding hydrogens is 424 g/mol. The highest BCUT2D eigenvalue weighted by atomic mass is 79.9. The van der Waals surface area contributed by atoms with Gasteiger partial charge in [-0.3, -0.25) is 9.59 Å². The Morgan fingerprint density at radius 3 is 2.72 bits per heavy atom. The highest BCUT2D eigenvalue weighted by Gasteiger charge is 2.25. The first-order valence-corrected chi connectivity index (χ1v) is 10.7. The van der Waals surface area contributed by atoms with Crippen LogP contribution in [0.15, 0.2) is 38.7 Å². The summed E-state index contributed by atoms with van der Waals surface area (Å²) in [6, 6.07) is 6.76. The van der Waals surface area contributed by atoms with Gasteiger partial charge in [-0.05, 0) is 46.1 Å². The molecule has 8 heteroatoms. The van der Waals surface area contributed by atoms with Crippen LogP contribution >= 0.6 is 39.0 Å². The fourth-order valence-corrected chi connectivity index (χ4v) is 4.57. The van der Waals surface area contributed by atoms with Crippen LogP contribution in [0.2, 0.25) is 0 Å². The lowest BCUT2D eigenvalue weighted by Gasteiger charge is -2.21. The Hall–Kier alpha value is -1.25. The number of nitrogens with one attached hydrogen (secondary N) is 2. The van der Waals surface area contributed by atoms with E-state index >= 15 is 0 Å². The van der Waals surface area contributed by atoms with E-state index in [1.165, 1.54) is 11.1 Å². The zero-order valence-electron chi connectivity index (χ0n) is 14.1. The molecule has 0 saturated carbocycles. The fraction of sp³-hybridized carbons (Fsp3) is 0.412. The monoisotopic (exact) mass is 444 g/mol. The number of carbonyl (C=O) groups is 2. The standard InChI is InChI=1S/C17H21BrN2O3S2/c1-11(2)15(20-16(21)13-4-3-8-23-13)17(22)19-7-9-24-10-12-5-6-14(18)25-12/h3-6,8,11,15H,7,9-10H2,1-2H3,(H,19,22)(H,20,21)/t15-/m0/s1. The van der Waals surface area contributed by atoms with Gasteiger partial charge in [0.1, 0.15) is 6.04 Å². The average molecular weight is 445 g/mol. The molecule has 2 aromatic rings. The minimum atomic E-state index is -0.587. The second-order valence-corrected chi connectivity index (χ2v) is 9.37. The van der Waals surface area contributed by atoms with Crippen molar-refractivity contribution in [1.29, 1.82) is 0 Å². The third kappa shape index (κ3) is 6.52. The molecule has 0 fully saturated rings. The van der Waals surface area contributed by atoms with E-state index in [1.807, 2.05) is 19.9 Å². The third-order valence-corrected chi connectivity index (χ3v) is 6.21. The van der Waals surface area contributed by atoms with Crippen molar-refractivity contribution in [3.8, 4) is 0 Å². The smallest absolute Gasteiger partial charge is 0.287 e. The van der Waals surface area contributed by atoms with E-state index in [-0.39, 0.29) is 23.5 Å². The van der Waals surface area contributed by atoms with E-state index in [9.17, 15) is 9.59 Å². The van der Waals surface area contributed by atoms with Gasteiger partial charge < -0.3 is 15.1 Å². The van der Waals surface area contributed by atoms with Crippen molar-refractivity contribution in [3.63, 3.8) is 0 Å². The van der Waals surface area contributed by atoms with Gasteiger partial charge in [0.25, 0.3) is 5.91 Å². The summed E-state index contributed by atoms with van der Waals surface area (Å²) in [5.41, 5.74) is 0. The van der Waals surface area contributed by atoms with E-state index in [2.05, 4.69) is 32.6 Å². The molecule has 136 valence electrons. The lowest BCUT2D eigenvalue weighted by molar-refractivity contribution is -0.123. The number of hydrogen-bond acceptors (Lipinski definition) is 5. The van der Waals surface area contributed by atoms with Crippen molar-refractivity contribution in [2.75, 3.05) is 12.3 Å². The summed E-state index contributed by atoms with van der Waals surface area (Å²) in [6.07, 6.45) is 1.43. The summed E-state index contributed by atoms with van der Waals surface area (Å²) in [6.45, 7) is 4.36. The van der Waals surface area contributed by atoms with Crippen molar-refractivity contribution in [2.24, 2.45) is 5.92 Å². The summed E-state index contributed by atoms with van der Waals surface area (Å²) in [5, 5.41) is 5.63. The van der Waals surface area contributed by atoms with E-state index in [0.717, 1.165) is 15.3 Å². The first-order chi connectivity index (χ1) is 12.0. The molecule has 0 saturated heterocycles. The predicted molar refractivity (Wildman–Crippen MR) is 106 cm³/mol. The van der Waals surface area contributed by atoms with E-state index < -0.39 is 6.04 Å². The Kier molecular flexibility index (Phi) is 8.05. The molecule has 2 amide bonds. The number of carbonyl (C=O) groups excluding carboxylic acids is 2. The Balaban J connectivity index is 1.73. The van der Waals surface area contributed by atoms with Crippen LogP contribution in [0, 0.1) is 5.92 Å². The number of halogens is 1. The van der Waals surface area contributed by atoms with E-state index in [0.29, 0.717) is 6.54 Å². The van der Waals surface area contributed by atoms with Gasteiger partial charge in [-0.1, -0.05) is 13.8 Å². The zero-order chi connectivity index (χ0) is 18.2. The number of thiophene rings is 1. The predicted octanol–water partition coefficient (Wildman–Crippen LogP) is 3.91. The molecule has 2 N–H and O–H groups in total. The van der Waals surface area contributed by atoms with Crippen LogP contribution in [0.1, 0.15) is 29.3 Å². The van der Waals surface area contributed by atoms with Crippen LogP contribution in [-0.4, -0.2) is 30.2 Å². The van der Waals surface area contributed by atoms with Gasteiger partial charge in [0, 0.05) is 22.9 Å². The minimum absolute atomic E-state index is 0.0185. The number of rotatable bonds is 9. The topological polar surface area (TPSA) is 71.3 Å². The molecule has 5 nitrogen and oxygen atoms in total. The lowest BCUT2D eigenvalue weighted by Crippen LogP contribution is -2.50. The molecule has 2 rings (SSSR count). The highest BCUT2D eigenvalue weighted by Crippen LogP contribution is 2.25. The molecule has 0 radical (unpaired) electrons. The van der Waals surface area contributed by atoms with Crippen LogP contribution in [0.3, 0.4) is 0 Å². The molecular formula is C17H21BrN2O3S2. The molecule has 0 bridgehead atoms. The second kappa shape index (κ2) is 10.0. The largest absolute Gasteiger partial charge is 0.459 e. The summed E-state index contributed by atoms with van der Waals surface area (Å²) in [5.74, 6) is 1.38. The van der Waals surface area contributed by atoms with Crippen LogP contribution in [0.4, 0.5) is 0 Å². The Bertz CT molecular complexity index is 686. The van der Waals surface area contributed by atoms with Crippen molar-refractivity contribution >= 4 is 50.8 Å². The molecule has 2 aromatic heterocycles. The Morgan fingerprint density at radius 1 is 1.32 bits per heavy atom. The van der Waals surface area contributed by atoms with Crippen LogP contribution < -0.4 is 10.6 Å². The zero-order valence-corrected chi connectivity index (χ0v) is 17.3. The summed E-state index contributed by atoms with van der Waals surface area (Å²) < 4.78 is 6.19. The van der Waals surface area contributed by atoms with Crippen LogP contribution in [-0.2, 0) is 10.5 Å². The fourth-order valence-electron chi connectivity index (χ4n) is 2.11. The quantitative estimate of drug-likeness (QED) is 0.575. The maximum Gasteiger partial charge on any atom is 0.287 e. The van der Waals surface area contributed by atoms with Crippen molar-refractivity contribution in [3.05, 3.63) is 45.0 Å². The van der Waals surface area contributed by atoms with Crippen LogP contribution in [0.5, 0.6) is 0 Å². The lowest BCUT2D eigenvalue weighted by atomic mass is 10.0. The average Bonchev–Trinajstić information content (AvgIpc) is 3.23. The molecule has 25 heavy (non-hydrogen) atoms. The molecule has 1 atom stereocenters. The first-order valence-electron chi connectivity index (χ1n) is 7.91. The first kappa shape index (κ1) is 20.1. The van der Waals surface area contributed by atoms with E-state index in [1.54, 1.807) is 35.2 Å². The summed E-state index contributed by atoms with van der Waals surface area (Å²) in [4.78, 5) is 25.7. The number of furan rings is 1. The van der Waals surface area contributed by atoms with Gasteiger partial charge in [0.15, 0.2) is 5.76 Å². The van der Waals surface area contributed by atoms with Crippen molar-refractivity contribution in [2.45, 2.75) is 25.6 Å². The number of hydrogen-bond donors (Lipinski definition) is 2. The molecule has 0 spiro atoms. The third-order valence-electron chi connectivity index (χ3n) is 3.40. The van der Waals surface area contributed by atoms with Gasteiger partial charge in [0.2, 0.25) is 5.91 Å². The van der Waals surface area contributed by atoms with Gasteiger partial charge >= 0.3 is 0 Å². The minimum Gasteiger partial charge on any atom is -0.459 e. The maximum absolute atomic E-state index is 12.4. The highest BCUT2D eigenvalue weighted by molar-refractivity contribution is 9.11. The molecule has 2 heterocycles. The Labute approximate surface area is 164 Å². The number of thioether (sulfide) groups is 1. The Morgan fingerprint density at radius 2 is 2.12 bits per heavy atom. The molecule has 0 aromatic carbocycles. The normalized spacial score (nSPS) is 12.2. The van der Waals surface area contributed by atoms with E-state index in [4.69, 9.17) is 4.42 Å². The summed E-state index contributed by atoms with van der Waals surface area (Å²) in [7, 11) is 0. The molecule has 0 aliphatic heterocycles. The van der Waals surface area contributed by atoms with Crippen molar-refractivity contribution < 1.29 is 14.0 Å². The second-order valence-electron chi connectivity index (χ2n) is 5.72. The van der Waals surface area contributed by atoms with Gasteiger partial charge in [-0.15, -0.1) is 11.3 Å². The molecule has 0 unspecified atom stereocenters. The maximum atomic E-state index is 12.4. The molecule has 0 aliphatic rings. The number of amides is 2. The van der Waals surface area contributed by atoms with Crippen LogP contribution in [0.25, 0.3) is 0 Å². The SMILES string of the molecule is CC(C)[C@H](NC(=O)c1ccco1)C(=O)NCCSCc1ccc(Br)s1. The molecule has 0 aliphatic carbocycles. The van der Waals surface area contributed by atoms with Gasteiger partial charge in [-0.25, -0.2) is 0 Å². The van der Waals surface area contributed by atoms with Gasteiger partial charge in [0.05, 0.1) is 10.0 Å². The van der Waals surface area contributed by atoms with Gasteiger partial charge in [-0.2, -0.15) is 11.8 Å². The van der Waals surface area contributed by atoms with Crippen molar-refractivity contribution in [1.82, 2.24) is 10.6 Å². The summed E-state index contributed by atoms with van der Waals surface area (Å²) >= 11 is 6.93.